The topological polar surface area (TPSA) is 103 Å². The van der Waals surface area contributed by atoms with Crippen LogP contribution in [0.3, 0.4) is 0 Å². The Kier molecular flexibility index (Phi) is 5.64. The van der Waals surface area contributed by atoms with Gasteiger partial charge >= 0.3 is 11.9 Å². The maximum absolute atomic E-state index is 13.8. The molecule has 2 heterocycles. The summed E-state index contributed by atoms with van der Waals surface area (Å²) in [6, 6.07) is 3.11. The average molecular weight is 391 g/mol. The van der Waals surface area contributed by atoms with Crippen LogP contribution in [0.15, 0.2) is 24.4 Å². The van der Waals surface area contributed by atoms with E-state index in [1.54, 1.807) is 20.6 Å². The van der Waals surface area contributed by atoms with Crippen LogP contribution in [0, 0.1) is 5.82 Å². The second-order valence-electron chi connectivity index (χ2n) is 6.87. The molecule has 1 aliphatic heterocycles. The highest BCUT2D eigenvalue weighted by molar-refractivity contribution is 5.90. The van der Waals surface area contributed by atoms with Crippen molar-refractivity contribution in [2.45, 2.75) is 25.9 Å². The van der Waals surface area contributed by atoms with E-state index in [2.05, 4.69) is 0 Å². The second kappa shape index (κ2) is 7.97. The van der Waals surface area contributed by atoms with E-state index in [0.29, 0.717) is 42.6 Å². The van der Waals surface area contributed by atoms with Crippen LogP contribution in [0.1, 0.15) is 24.9 Å². The fraction of sp³-hybridized carbons (Fsp3) is 0.421. The molecule has 1 atom stereocenters. The Labute approximate surface area is 160 Å². The van der Waals surface area contributed by atoms with E-state index in [9.17, 15) is 23.9 Å². The Morgan fingerprint density at radius 2 is 1.82 bits per heavy atom. The molecule has 1 aromatic carbocycles. The number of rotatable bonds is 6. The molecule has 8 nitrogen and oxygen atoms in total. The zero-order chi connectivity index (χ0) is 20.4. The van der Waals surface area contributed by atoms with Crippen molar-refractivity contribution in [1.29, 1.82) is 0 Å². The van der Waals surface area contributed by atoms with Crippen molar-refractivity contribution in [2.75, 3.05) is 26.2 Å². The van der Waals surface area contributed by atoms with Gasteiger partial charge in [0, 0.05) is 56.8 Å². The molecule has 150 valence electrons. The average Bonchev–Trinajstić information content (AvgIpc) is 2.97. The second-order valence-corrected chi connectivity index (χ2v) is 6.87. The van der Waals surface area contributed by atoms with Crippen molar-refractivity contribution in [1.82, 2.24) is 14.4 Å². The first-order valence-electron chi connectivity index (χ1n) is 9.00. The maximum atomic E-state index is 13.8. The van der Waals surface area contributed by atoms with Gasteiger partial charge in [-0.2, -0.15) is 0 Å². The van der Waals surface area contributed by atoms with Gasteiger partial charge in [0.1, 0.15) is 11.9 Å². The minimum absolute atomic E-state index is 0.0488. The van der Waals surface area contributed by atoms with Crippen LogP contribution >= 0.6 is 0 Å². The lowest BCUT2D eigenvalue weighted by molar-refractivity contribution is -0.145. The third kappa shape index (κ3) is 3.99. The van der Waals surface area contributed by atoms with Crippen LogP contribution in [0.4, 0.5) is 4.39 Å². The number of carbonyl (C=O) groups excluding carboxylic acids is 1. The summed E-state index contributed by atoms with van der Waals surface area (Å²) >= 11 is 0. The van der Waals surface area contributed by atoms with E-state index in [1.165, 1.54) is 25.1 Å². The molecule has 0 spiro atoms. The van der Waals surface area contributed by atoms with Gasteiger partial charge in [-0.1, -0.05) is 0 Å². The lowest BCUT2D eigenvalue weighted by Crippen LogP contribution is -2.50. The lowest BCUT2D eigenvalue weighted by Gasteiger charge is -2.37. The van der Waals surface area contributed by atoms with Crippen LogP contribution in [-0.2, 0) is 20.9 Å². The molecule has 0 bridgehead atoms. The summed E-state index contributed by atoms with van der Waals surface area (Å²) in [5.41, 5.74) is 0.953. The molecule has 9 heteroatoms. The molecule has 1 aromatic heterocycles. The third-order valence-corrected chi connectivity index (χ3v) is 5.09. The number of aryl methyl sites for hydroxylation is 1. The van der Waals surface area contributed by atoms with E-state index in [0.717, 1.165) is 0 Å². The quantitative estimate of drug-likeness (QED) is 0.774. The van der Waals surface area contributed by atoms with Crippen LogP contribution in [-0.4, -0.2) is 68.6 Å². The zero-order valence-corrected chi connectivity index (χ0v) is 15.5. The number of aromatic nitrogens is 1. The van der Waals surface area contributed by atoms with Gasteiger partial charge in [-0.3, -0.25) is 19.3 Å². The highest BCUT2D eigenvalue weighted by atomic mass is 19.1. The van der Waals surface area contributed by atoms with Gasteiger partial charge in [0.05, 0.1) is 11.9 Å². The van der Waals surface area contributed by atoms with Crippen molar-refractivity contribution < 1.29 is 29.0 Å². The van der Waals surface area contributed by atoms with E-state index < -0.39 is 23.8 Å². The number of halogens is 1. The minimum atomic E-state index is -1.04. The number of carbonyl (C=O) groups is 3. The molecule has 3 rings (SSSR count). The molecule has 1 aliphatic rings. The molecule has 0 unspecified atom stereocenters. The number of amides is 1. The van der Waals surface area contributed by atoms with Crippen molar-refractivity contribution in [3.8, 4) is 0 Å². The van der Waals surface area contributed by atoms with Crippen LogP contribution in [0.5, 0.6) is 0 Å². The molecule has 1 amide bonds. The number of piperazine rings is 1. The van der Waals surface area contributed by atoms with Gasteiger partial charge in [0.25, 0.3) is 0 Å². The number of hydrogen-bond acceptors (Lipinski definition) is 4. The molecular weight excluding hydrogens is 369 g/mol. The number of carboxylic acids is 2. The molecule has 2 aromatic rings. The van der Waals surface area contributed by atoms with E-state index in [4.69, 9.17) is 5.11 Å². The Morgan fingerprint density at radius 1 is 1.14 bits per heavy atom. The summed E-state index contributed by atoms with van der Waals surface area (Å²) in [6.07, 6.45) is 1.44. The molecule has 1 saturated heterocycles. The summed E-state index contributed by atoms with van der Waals surface area (Å²) in [4.78, 5) is 38.0. The Bertz CT molecular complexity index is 918. The largest absolute Gasteiger partial charge is 0.481 e. The van der Waals surface area contributed by atoms with Gasteiger partial charge in [0.2, 0.25) is 5.91 Å². The van der Waals surface area contributed by atoms with Gasteiger partial charge in [-0.25, -0.2) is 4.39 Å². The number of hydrogen-bond donors (Lipinski definition) is 2. The third-order valence-electron chi connectivity index (χ3n) is 5.09. The smallest absolute Gasteiger partial charge is 0.325 e. The Hall–Kier alpha value is -2.94. The monoisotopic (exact) mass is 391 g/mol. The van der Waals surface area contributed by atoms with Gasteiger partial charge < -0.3 is 19.7 Å². The van der Waals surface area contributed by atoms with E-state index in [-0.39, 0.29) is 18.9 Å². The first kappa shape index (κ1) is 19.8. The van der Waals surface area contributed by atoms with Crippen LogP contribution in [0.2, 0.25) is 0 Å². The van der Waals surface area contributed by atoms with Crippen LogP contribution < -0.4 is 0 Å². The standard InChI is InChI=1S/C19H22FN3O5/c1-12(24)21-6-8-22(9-7-21)18(19(27)28)15-11-23(5-4-17(25)26)16-10-13(20)2-3-14(15)16/h2-3,10-11,18H,4-9H2,1H3,(H,25,26)(H,27,28)/t18-/m1/s1. The van der Waals surface area contributed by atoms with Crippen molar-refractivity contribution in [3.05, 3.63) is 35.8 Å². The molecule has 0 radical (unpaired) electrons. The lowest BCUT2D eigenvalue weighted by atomic mass is 10.0. The first-order valence-corrected chi connectivity index (χ1v) is 9.00. The SMILES string of the molecule is CC(=O)N1CCN([C@@H](C(=O)O)c2cn(CCC(=O)O)c3cc(F)ccc23)CC1. The number of carboxylic acid groups (broad SMARTS) is 2. The summed E-state index contributed by atoms with van der Waals surface area (Å²) in [5, 5.41) is 19.4. The van der Waals surface area contributed by atoms with Gasteiger partial charge in [0.15, 0.2) is 0 Å². The highest BCUT2D eigenvalue weighted by Gasteiger charge is 2.33. The molecule has 1 fully saturated rings. The van der Waals surface area contributed by atoms with Crippen molar-refractivity contribution in [3.63, 3.8) is 0 Å². The molecule has 2 N–H and O–H groups in total. The number of nitrogens with zero attached hydrogens (tertiary/aromatic N) is 3. The molecule has 0 aliphatic carbocycles. The Morgan fingerprint density at radius 3 is 2.39 bits per heavy atom. The first-order chi connectivity index (χ1) is 13.3. The van der Waals surface area contributed by atoms with E-state index in [1.807, 2.05) is 0 Å². The summed E-state index contributed by atoms with van der Waals surface area (Å²) in [6.45, 7) is 3.27. The fourth-order valence-electron chi connectivity index (χ4n) is 3.69. The number of benzene rings is 1. The number of aliphatic carboxylic acids is 2. The minimum Gasteiger partial charge on any atom is -0.481 e. The Balaban J connectivity index is 1.98. The molecule has 28 heavy (non-hydrogen) atoms. The van der Waals surface area contributed by atoms with Crippen molar-refractivity contribution in [2.24, 2.45) is 0 Å². The zero-order valence-electron chi connectivity index (χ0n) is 15.5. The van der Waals surface area contributed by atoms with E-state index >= 15 is 0 Å². The van der Waals surface area contributed by atoms with Crippen molar-refractivity contribution >= 4 is 28.7 Å². The fourth-order valence-corrected chi connectivity index (χ4v) is 3.69. The van der Waals surface area contributed by atoms with Gasteiger partial charge in [-0.15, -0.1) is 0 Å². The summed E-state index contributed by atoms with van der Waals surface area (Å²) in [5.74, 6) is -2.56. The predicted molar refractivity (Wildman–Crippen MR) is 98.4 cm³/mol. The summed E-state index contributed by atoms with van der Waals surface area (Å²) < 4.78 is 15.4. The van der Waals surface area contributed by atoms with Gasteiger partial charge in [-0.05, 0) is 18.2 Å². The molecular formula is C19H22FN3O5. The maximum Gasteiger partial charge on any atom is 0.325 e. The summed E-state index contributed by atoms with van der Waals surface area (Å²) in [7, 11) is 0. The predicted octanol–water partition coefficient (Wildman–Crippen LogP) is 1.54. The highest BCUT2D eigenvalue weighted by Crippen LogP contribution is 2.32. The normalized spacial score (nSPS) is 16.3. The number of fused-ring (bicyclic) bond motifs is 1. The van der Waals surface area contributed by atoms with Crippen LogP contribution in [0.25, 0.3) is 10.9 Å². The molecule has 0 saturated carbocycles.